The zero-order chi connectivity index (χ0) is 29.3. The van der Waals surface area contributed by atoms with Crippen molar-refractivity contribution in [3.8, 4) is 0 Å². The van der Waals surface area contributed by atoms with Crippen molar-refractivity contribution in [1.29, 1.82) is 0 Å². The van der Waals surface area contributed by atoms with Gasteiger partial charge in [-0.05, 0) is 42.7 Å². The fourth-order valence-electron chi connectivity index (χ4n) is 5.37. The van der Waals surface area contributed by atoms with Gasteiger partial charge in [-0.2, -0.15) is 0 Å². The van der Waals surface area contributed by atoms with E-state index in [1.165, 1.54) is 11.1 Å². The van der Waals surface area contributed by atoms with E-state index < -0.39 is 17.7 Å². The van der Waals surface area contributed by atoms with E-state index in [4.69, 9.17) is 0 Å². The molecule has 2 atom stereocenters. The number of benzene rings is 2. The van der Waals surface area contributed by atoms with Gasteiger partial charge in [0.15, 0.2) is 0 Å². The number of hydrogen-bond donors (Lipinski definition) is 3. The molecule has 2 aromatic carbocycles. The zero-order valence-electron chi connectivity index (χ0n) is 24.8. The number of hydroxylamine groups is 1. The highest BCUT2D eigenvalue weighted by Gasteiger charge is 2.34. The van der Waals surface area contributed by atoms with Gasteiger partial charge >= 0.3 is 0 Å². The molecular weight excluding hydrogens is 502 g/mol. The maximum atomic E-state index is 13.4. The molecule has 0 radical (unpaired) electrons. The third-order valence-corrected chi connectivity index (χ3v) is 7.48. The SMILES string of the molecule is CCCCCN(CCC(c1ccccc1)c1ccccc1)C(=O)CNC(=O)C(CC(C)C)C(CCC)C(=O)NO. The number of carbonyl (C=O) groups excluding carboxylic acids is 3. The number of rotatable bonds is 18. The Morgan fingerprint density at radius 2 is 1.38 bits per heavy atom. The Labute approximate surface area is 240 Å². The summed E-state index contributed by atoms with van der Waals surface area (Å²) in [5.74, 6) is -1.92. The number of nitrogens with zero attached hydrogens (tertiary/aromatic N) is 1. The maximum Gasteiger partial charge on any atom is 0.247 e. The first kappa shape index (κ1) is 33.0. The molecule has 40 heavy (non-hydrogen) atoms. The minimum absolute atomic E-state index is 0.111. The predicted molar refractivity (Wildman–Crippen MR) is 160 cm³/mol. The second kappa shape index (κ2) is 18.2. The molecule has 0 aromatic heterocycles. The molecular formula is C33H49N3O4. The normalized spacial score (nSPS) is 12.7. The van der Waals surface area contributed by atoms with Gasteiger partial charge in [0.05, 0.1) is 12.5 Å². The van der Waals surface area contributed by atoms with Crippen LogP contribution >= 0.6 is 0 Å². The van der Waals surface area contributed by atoms with E-state index in [9.17, 15) is 19.6 Å². The van der Waals surface area contributed by atoms with Crippen LogP contribution in [-0.2, 0) is 14.4 Å². The molecule has 0 fully saturated rings. The van der Waals surface area contributed by atoms with Crippen LogP contribution in [0.1, 0.15) is 89.7 Å². The molecule has 7 nitrogen and oxygen atoms in total. The van der Waals surface area contributed by atoms with Gasteiger partial charge < -0.3 is 10.2 Å². The Hall–Kier alpha value is -3.19. The van der Waals surface area contributed by atoms with Gasteiger partial charge in [-0.25, -0.2) is 5.48 Å². The van der Waals surface area contributed by atoms with Crippen LogP contribution in [-0.4, -0.2) is 47.5 Å². The first-order valence-corrected chi connectivity index (χ1v) is 14.9. The van der Waals surface area contributed by atoms with E-state index >= 15 is 0 Å². The minimum Gasteiger partial charge on any atom is -0.347 e. The van der Waals surface area contributed by atoms with Gasteiger partial charge in [-0.15, -0.1) is 0 Å². The molecule has 0 bridgehead atoms. The quantitative estimate of drug-likeness (QED) is 0.122. The number of carbonyl (C=O) groups is 3. The lowest BCUT2D eigenvalue weighted by atomic mass is 9.81. The van der Waals surface area contributed by atoms with Gasteiger partial charge in [-0.3, -0.25) is 19.6 Å². The van der Waals surface area contributed by atoms with Crippen molar-refractivity contribution >= 4 is 17.7 Å². The first-order valence-electron chi connectivity index (χ1n) is 14.9. The summed E-state index contributed by atoms with van der Waals surface area (Å²) in [6.45, 7) is 9.18. The fourth-order valence-corrected chi connectivity index (χ4v) is 5.37. The largest absolute Gasteiger partial charge is 0.347 e. The Morgan fingerprint density at radius 3 is 1.88 bits per heavy atom. The summed E-state index contributed by atoms with van der Waals surface area (Å²) >= 11 is 0. The topological polar surface area (TPSA) is 98.7 Å². The van der Waals surface area contributed by atoms with Crippen molar-refractivity contribution in [3.05, 3.63) is 71.8 Å². The predicted octanol–water partition coefficient (Wildman–Crippen LogP) is 5.93. The van der Waals surface area contributed by atoms with Crippen LogP contribution in [0.25, 0.3) is 0 Å². The van der Waals surface area contributed by atoms with Crippen molar-refractivity contribution < 1.29 is 19.6 Å². The highest BCUT2D eigenvalue weighted by atomic mass is 16.5. The maximum absolute atomic E-state index is 13.4. The standard InChI is InChI=1S/C33H49N3O4/c1-5-7-14-21-36(22-20-28(26-16-10-8-11-17-26)27-18-12-9-13-19-27)31(37)24-34-32(38)30(23-25(3)4)29(15-6-2)33(39)35-40/h8-13,16-19,25,28-30,40H,5-7,14-15,20-24H2,1-4H3,(H,34,38)(H,35,39). The molecule has 2 unspecified atom stereocenters. The number of hydrogen-bond acceptors (Lipinski definition) is 4. The van der Waals surface area contributed by atoms with Gasteiger partial charge in [0, 0.05) is 24.9 Å². The van der Waals surface area contributed by atoms with E-state index in [0.717, 1.165) is 25.7 Å². The van der Waals surface area contributed by atoms with E-state index in [1.807, 2.05) is 62.1 Å². The lowest BCUT2D eigenvalue weighted by Gasteiger charge is -2.28. The summed E-state index contributed by atoms with van der Waals surface area (Å²) in [6, 6.07) is 20.7. The van der Waals surface area contributed by atoms with E-state index in [0.29, 0.717) is 32.4 Å². The molecule has 0 aliphatic carbocycles. The van der Waals surface area contributed by atoms with Crippen molar-refractivity contribution in [2.45, 2.75) is 78.6 Å². The molecule has 0 heterocycles. The Bertz CT molecular complexity index is 973. The first-order chi connectivity index (χ1) is 19.3. The molecule has 0 saturated carbocycles. The summed E-state index contributed by atoms with van der Waals surface area (Å²) < 4.78 is 0. The average Bonchev–Trinajstić information content (AvgIpc) is 2.97. The Kier molecular flexibility index (Phi) is 15.0. The second-order valence-electron chi connectivity index (χ2n) is 11.1. The van der Waals surface area contributed by atoms with Crippen molar-refractivity contribution in [1.82, 2.24) is 15.7 Å². The molecule has 2 aromatic rings. The Morgan fingerprint density at radius 1 is 0.775 bits per heavy atom. The third kappa shape index (κ3) is 10.8. The summed E-state index contributed by atoms with van der Waals surface area (Å²) in [6.07, 6.45) is 5.44. The van der Waals surface area contributed by atoms with E-state index in [-0.39, 0.29) is 30.2 Å². The average molecular weight is 552 g/mol. The number of unbranched alkanes of at least 4 members (excludes halogenated alkanes) is 2. The van der Waals surface area contributed by atoms with Crippen molar-refractivity contribution in [3.63, 3.8) is 0 Å². The molecule has 220 valence electrons. The summed E-state index contributed by atoms with van der Waals surface area (Å²) in [4.78, 5) is 41.0. The Balaban J connectivity index is 2.15. The van der Waals surface area contributed by atoms with Gasteiger partial charge in [0.2, 0.25) is 17.7 Å². The lowest BCUT2D eigenvalue weighted by Crippen LogP contribution is -2.46. The van der Waals surface area contributed by atoms with Gasteiger partial charge in [0.25, 0.3) is 0 Å². The molecule has 0 aliphatic rings. The van der Waals surface area contributed by atoms with Crippen LogP contribution in [0, 0.1) is 17.8 Å². The highest BCUT2D eigenvalue weighted by molar-refractivity contribution is 5.90. The molecule has 2 rings (SSSR count). The number of amides is 3. The second-order valence-corrected chi connectivity index (χ2v) is 11.1. The third-order valence-electron chi connectivity index (χ3n) is 7.48. The fraction of sp³-hybridized carbons (Fsp3) is 0.545. The van der Waals surface area contributed by atoms with Gasteiger partial charge in [0.1, 0.15) is 0 Å². The summed E-state index contributed by atoms with van der Waals surface area (Å²) in [5, 5.41) is 12.1. The molecule has 7 heteroatoms. The molecule has 3 amide bonds. The highest BCUT2D eigenvalue weighted by Crippen LogP contribution is 2.28. The minimum atomic E-state index is -0.648. The van der Waals surface area contributed by atoms with Crippen LogP contribution in [0.5, 0.6) is 0 Å². The van der Waals surface area contributed by atoms with Crippen LogP contribution in [0.2, 0.25) is 0 Å². The van der Waals surface area contributed by atoms with Gasteiger partial charge in [-0.1, -0.05) is 108 Å². The molecule has 0 spiro atoms. The lowest BCUT2D eigenvalue weighted by molar-refractivity contribution is -0.141. The van der Waals surface area contributed by atoms with Crippen molar-refractivity contribution in [2.75, 3.05) is 19.6 Å². The smallest absolute Gasteiger partial charge is 0.247 e. The van der Waals surface area contributed by atoms with Crippen LogP contribution < -0.4 is 10.8 Å². The van der Waals surface area contributed by atoms with Crippen LogP contribution in [0.15, 0.2) is 60.7 Å². The van der Waals surface area contributed by atoms with E-state index in [2.05, 4.69) is 36.5 Å². The molecule has 3 N–H and O–H groups in total. The molecule has 0 saturated heterocycles. The van der Waals surface area contributed by atoms with Crippen molar-refractivity contribution in [2.24, 2.45) is 17.8 Å². The zero-order valence-corrected chi connectivity index (χ0v) is 24.8. The molecule has 0 aliphatic heterocycles. The van der Waals surface area contributed by atoms with Crippen LogP contribution in [0.3, 0.4) is 0 Å². The summed E-state index contributed by atoms with van der Waals surface area (Å²) in [5.41, 5.74) is 4.15. The monoisotopic (exact) mass is 551 g/mol. The number of nitrogens with one attached hydrogen (secondary N) is 2. The van der Waals surface area contributed by atoms with Crippen LogP contribution in [0.4, 0.5) is 0 Å². The van der Waals surface area contributed by atoms with E-state index in [1.54, 1.807) is 5.48 Å². The summed E-state index contributed by atoms with van der Waals surface area (Å²) in [7, 11) is 0.